The predicted molar refractivity (Wildman–Crippen MR) is 81.1 cm³/mol. The normalized spacial score (nSPS) is 28.9. The molecule has 2 saturated heterocycles. The minimum absolute atomic E-state index is 0.0171. The summed E-state index contributed by atoms with van der Waals surface area (Å²) in [5.74, 6) is -0.0506. The largest absolute Gasteiger partial charge is 0.344 e. The standard InChI is InChI=1S/C15H23N5O2/c1-19-5-3-4-13(15(19)22)18-14(21)12-8-16-7-11(12)10-6-17-20(2)9-10/h6,9,11-13,16H,3-5,7-8H2,1-2H3,(H,18,21)/t11-,12+,13?/m1/s1. The molecule has 7 heteroatoms. The average molecular weight is 305 g/mol. The Bertz CT molecular complexity index is 570. The zero-order chi connectivity index (χ0) is 15.7. The minimum atomic E-state index is -0.374. The summed E-state index contributed by atoms with van der Waals surface area (Å²) in [5, 5.41) is 10.4. The maximum Gasteiger partial charge on any atom is 0.244 e. The van der Waals surface area contributed by atoms with Crippen molar-refractivity contribution >= 4 is 11.8 Å². The number of nitrogens with zero attached hydrogens (tertiary/aromatic N) is 3. The van der Waals surface area contributed by atoms with Crippen molar-refractivity contribution in [2.24, 2.45) is 13.0 Å². The Balaban J connectivity index is 1.67. The fraction of sp³-hybridized carbons (Fsp3) is 0.667. The first kappa shape index (κ1) is 15.0. The third-order valence-corrected chi connectivity index (χ3v) is 4.68. The van der Waals surface area contributed by atoms with E-state index in [2.05, 4.69) is 15.7 Å². The Morgan fingerprint density at radius 3 is 2.95 bits per heavy atom. The fourth-order valence-electron chi connectivity index (χ4n) is 3.38. The zero-order valence-corrected chi connectivity index (χ0v) is 13.1. The Labute approximate surface area is 130 Å². The summed E-state index contributed by atoms with van der Waals surface area (Å²) in [6, 6.07) is -0.374. The molecule has 0 aliphatic carbocycles. The van der Waals surface area contributed by atoms with Crippen molar-refractivity contribution in [1.29, 1.82) is 0 Å². The highest BCUT2D eigenvalue weighted by atomic mass is 16.2. The van der Waals surface area contributed by atoms with E-state index in [1.54, 1.807) is 16.6 Å². The summed E-state index contributed by atoms with van der Waals surface area (Å²) in [6.45, 7) is 2.18. The van der Waals surface area contributed by atoms with Crippen LogP contribution in [0.15, 0.2) is 12.4 Å². The van der Waals surface area contributed by atoms with Gasteiger partial charge in [-0.3, -0.25) is 14.3 Å². The van der Waals surface area contributed by atoms with E-state index in [0.717, 1.165) is 31.5 Å². The van der Waals surface area contributed by atoms with Crippen LogP contribution >= 0.6 is 0 Å². The van der Waals surface area contributed by atoms with Crippen LogP contribution in [0.5, 0.6) is 0 Å². The Kier molecular flexibility index (Phi) is 4.15. The lowest BCUT2D eigenvalue weighted by atomic mass is 9.89. The molecule has 1 unspecified atom stereocenters. The van der Waals surface area contributed by atoms with Crippen LogP contribution in [0.1, 0.15) is 24.3 Å². The van der Waals surface area contributed by atoms with Crippen LogP contribution in [-0.4, -0.2) is 59.2 Å². The number of likely N-dealkylation sites (N-methyl/N-ethyl adjacent to an activating group) is 1. The van der Waals surface area contributed by atoms with Crippen LogP contribution in [0.25, 0.3) is 0 Å². The molecule has 2 aliphatic rings. The number of hydrogen-bond acceptors (Lipinski definition) is 4. The Morgan fingerprint density at radius 1 is 1.41 bits per heavy atom. The van der Waals surface area contributed by atoms with E-state index in [-0.39, 0.29) is 29.7 Å². The predicted octanol–water partition coefficient (Wildman–Crippen LogP) is -0.540. The van der Waals surface area contributed by atoms with Gasteiger partial charge in [-0.25, -0.2) is 0 Å². The number of rotatable bonds is 3. The second-order valence-electron chi connectivity index (χ2n) is 6.28. The molecule has 3 heterocycles. The number of aryl methyl sites for hydroxylation is 1. The van der Waals surface area contributed by atoms with Crippen molar-refractivity contribution in [3.63, 3.8) is 0 Å². The lowest BCUT2D eigenvalue weighted by Gasteiger charge is -2.30. The van der Waals surface area contributed by atoms with Gasteiger partial charge in [-0.2, -0.15) is 5.10 Å². The molecule has 0 bridgehead atoms. The van der Waals surface area contributed by atoms with Crippen molar-refractivity contribution in [3.8, 4) is 0 Å². The van der Waals surface area contributed by atoms with Crippen molar-refractivity contribution < 1.29 is 9.59 Å². The van der Waals surface area contributed by atoms with Gasteiger partial charge in [0.05, 0.1) is 12.1 Å². The van der Waals surface area contributed by atoms with Gasteiger partial charge >= 0.3 is 0 Å². The molecule has 1 aromatic rings. The second-order valence-corrected chi connectivity index (χ2v) is 6.28. The van der Waals surface area contributed by atoms with E-state index in [9.17, 15) is 9.59 Å². The maximum absolute atomic E-state index is 12.6. The molecule has 2 N–H and O–H groups in total. The SMILES string of the molecule is CN1CCCC(NC(=O)[C@H]2CNC[C@@H]2c2cnn(C)c2)C1=O. The maximum atomic E-state index is 12.6. The van der Waals surface area contributed by atoms with Gasteiger partial charge in [0.25, 0.3) is 0 Å². The molecular weight excluding hydrogens is 282 g/mol. The monoisotopic (exact) mass is 305 g/mol. The molecule has 3 atom stereocenters. The molecule has 2 fully saturated rings. The summed E-state index contributed by atoms with van der Waals surface area (Å²) in [7, 11) is 3.66. The summed E-state index contributed by atoms with van der Waals surface area (Å²) < 4.78 is 1.75. The smallest absolute Gasteiger partial charge is 0.244 e. The van der Waals surface area contributed by atoms with Gasteiger partial charge in [0.15, 0.2) is 0 Å². The van der Waals surface area contributed by atoms with Crippen LogP contribution in [0.4, 0.5) is 0 Å². The van der Waals surface area contributed by atoms with Gasteiger partial charge in [0.2, 0.25) is 11.8 Å². The Hall–Kier alpha value is -1.89. The van der Waals surface area contributed by atoms with Gasteiger partial charge in [0.1, 0.15) is 6.04 Å². The van der Waals surface area contributed by atoms with Crippen LogP contribution < -0.4 is 10.6 Å². The van der Waals surface area contributed by atoms with Crippen molar-refractivity contribution in [2.45, 2.75) is 24.8 Å². The van der Waals surface area contributed by atoms with Crippen LogP contribution in [0, 0.1) is 5.92 Å². The van der Waals surface area contributed by atoms with Crippen molar-refractivity contribution in [1.82, 2.24) is 25.3 Å². The van der Waals surface area contributed by atoms with E-state index in [1.165, 1.54) is 0 Å². The van der Waals surface area contributed by atoms with Crippen LogP contribution in [0.3, 0.4) is 0 Å². The highest BCUT2D eigenvalue weighted by Crippen LogP contribution is 2.28. The van der Waals surface area contributed by atoms with E-state index >= 15 is 0 Å². The Morgan fingerprint density at radius 2 is 2.23 bits per heavy atom. The molecular formula is C15H23N5O2. The number of piperidine rings is 1. The number of likely N-dealkylation sites (tertiary alicyclic amines) is 1. The van der Waals surface area contributed by atoms with Gasteiger partial charge in [-0.1, -0.05) is 0 Å². The highest BCUT2D eigenvalue weighted by molar-refractivity contribution is 5.89. The molecule has 2 aliphatic heterocycles. The number of amides is 2. The quantitative estimate of drug-likeness (QED) is 0.786. The van der Waals surface area contributed by atoms with E-state index in [1.807, 2.05) is 19.4 Å². The molecule has 0 radical (unpaired) electrons. The number of aromatic nitrogens is 2. The first-order chi connectivity index (χ1) is 10.6. The molecule has 120 valence electrons. The zero-order valence-electron chi connectivity index (χ0n) is 13.1. The van der Waals surface area contributed by atoms with Gasteiger partial charge in [0, 0.05) is 45.8 Å². The average Bonchev–Trinajstić information content (AvgIpc) is 3.12. The molecule has 0 aromatic carbocycles. The molecule has 1 aromatic heterocycles. The third-order valence-electron chi connectivity index (χ3n) is 4.68. The number of nitrogens with one attached hydrogen (secondary N) is 2. The molecule has 3 rings (SSSR count). The summed E-state index contributed by atoms with van der Waals surface area (Å²) in [6.07, 6.45) is 5.43. The molecule has 0 saturated carbocycles. The van der Waals surface area contributed by atoms with Gasteiger partial charge < -0.3 is 15.5 Å². The first-order valence-electron chi connectivity index (χ1n) is 7.81. The molecule has 22 heavy (non-hydrogen) atoms. The molecule has 0 spiro atoms. The second kappa shape index (κ2) is 6.08. The lowest BCUT2D eigenvalue weighted by Crippen LogP contribution is -2.52. The molecule has 7 nitrogen and oxygen atoms in total. The van der Waals surface area contributed by atoms with Gasteiger partial charge in [-0.05, 0) is 18.4 Å². The van der Waals surface area contributed by atoms with Gasteiger partial charge in [-0.15, -0.1) is 0 Å². The van der Waals surface area contributed by atoms with Crippen molar-refractivity contribution in [3.05, 3.63) is 18.0 Å². The summed E-state index contributed by atoms with van der Waals surface area (Å²) in [5.41, 5.74) is 1.07. The lowest BCUT2D eigenvalue weighted by molar-refractivity contribution is -0.138. The number of carbonyl (C=O) groups is 2. The summed E-state index contributed by atoms with van der Waals surface area (Å²) >= 11 is 0. The number of carbonyl (C=O) groups excluding carboxylic acids is 2. The third kappa shape index (κ3) is 2.85. The molecule has 2 amide bonds. The minimum Gasteiger partial charge on any atom is -0.344 e. The topological polar surface area (TPSA) is 79.3 Å². The van der Waals surface area contributed by atoms with Crippen LogP contribution in [-0.2, 0) is 16.6 Å². The fourth-order valence-corrected chi connectivity index (χ4v) is 3.38. The van der Waals surface area contributed by atoms with E-state index in [4.69, 9.17) is 0 Å². The van der Waals surface area contributed by atoms with E-state index < -0.39 is 0 Å². The van der Waals surface area contributed by atoms with E-state index in [0.29, 0.717) is 6.54 Å². The first-order valence-corrected chi connectivity index (χ1v) is 7.81. The summed E-state index contributed by atoms with van der Waals surface area (Å²) in [4.78, 5) is 26.4. The number of hydrogen-bond donors (Lipinski definition) is 2. The highest BCUT2D eigenvalue weighted by Gasteiger charge is 2.37. The van der Waals surface area contributed by atoms with Crippen molar-refractivity contribution in [2.75, 3.05) is 26.7 Å². The van der Waals surface area contributed by atoms with Crippen LogP contribution in [0.2, 0.25) is 0 Å².